The third-order valence-electron chi connectivity index (χ3n) is 6.28. The lowest BCUT2D eigenvalue weighted by molar-refractivity contribution is 0.0952. The molecule has 0 unspecified atom stereocenters. The number of amides is 1. The molecule has 1 aromatic heterocycles. The lowest BCUT2D eigenvalue weighted by atomic mass is 9.91. The van der Waals surface area contributed by atoms with Gasteiger partial charge in [-0.3, -0.25) is 4.79 Å². The summed E-state index contributed by atoms with van der Waals surface area (Å²) < 4.78 is 5.70. The average Bonchev–Trinajstić information content (AvgIpc) is 3.50. The van der Waals surface area contributed by atoms with Crippen LogP contribution < -0.4 is 10.6 Å². The molecule has 1 aliphatic carbocycles. The zero-order chi connectivity index (χ0) is 19.8. The SMILES string of the molecule is Cc1ccc(C(=O)NCC2CC2)cc1-c1ccc2c(C3CCNCC3)noc2c1. The molecule has 0 spiro atoms. The van der Waals surface area contributed by atoms with Gasteiger partial charge in [-0.2, -0.15) is 0 Å². The Bertz CT molecular complexity index is 1050. The minimum Gasteiger partial charge on any atom is -0.356 e. The normalized spacial score (nSPS) is 17.6. The van der Waals surface area contributed by atoms with Gasteiger partial charge >= 0.3 is 0 Å². The fourth-order valence-corrected chi connectivity index (χ4v) is 4.25. The second-order valence-electron chi connectivity index (χ2n) is 8.49. The van der Waals surface area contributed by atoms with E-state index in [4.69, 9.17) is 4.52 Å². The van der Waals surface area contributed by atoms with Crippen LogP contribution in [0.2, 0.25) is 0 Å². The number of rotatable bonds is 5. The van der Waals surface area contributed by atoms with Gasteiger partial charge < -0.3 is 15.2 Å². The van der Waals surface area contributed by atoms with Crippen molar-refractivity contribution in [3.8, 4) is 11.1 Å². The summed E-state index contributed by atoms with van der Waals surface area (Å²) in [5.41, 5.74) is 5.86. The Morgan fingerprint density at radius 1 is 1.14 bits per heavy atom. The average molecular weight is 389 g/mol. The summed E-state index contributed by atoms with van der Waals surface area (Å²) >= 11 is 0. The van der Waals surface area contributed by atoms with Gasteiger partial charge in [-0.15, -0.1) is 0 Å². The van der Waals surface area contributed by atoms with Gasteiger partial charge in [-0.1, -0.05) is 17.3 Å². The van der Waals surface area contributed by atoms with E-state index in [1.807, 2.05) is 18.2 Å². The Balaban J connectivity index is 1.43. The summed E-state index contributed by atoms with van der Waals surface area (Å²) in [6, 6.07) is 12.2. The minimum absolute atomic E-state index is 0.00656. The number of fused-ring (bicyclic) bond motifs is 1. The van der Waals surface area contributed by atoms with E-state index in [0.717, 1.165) is 65.8 Å². The Morgan fingerprint density at radius 2 is 1.97 bits per heavy atom. The van der Waals surface area contributed by atoms with Crippen molar-refractivity contribution in [2.45, 2.75) is 38.5 Å². The predicted molar refractivity (Wildman–Crippen MR) is 114 cm³/mol. The van der Waals surface area contributed by atoms with Crippen LogP contribution in [-0.4, -0.2) is 30.7 Å². The number of carbonyl (C=O) groups excluding carboxylic acids is 1. The van der Waals surface area contributed by atoms with Crippen molar-refractivity contribution in [3.05, 3.63) is 53.2 Å². The summed E-state index contributed by atoms with van der Waals surface area (Å²) in [4.78, 5) is 12.5. The van der Waals surface area contributed by atoms with Gasteiger partial charge in [0.2, 0.25) is 0 Å². The molecule has 2 aliphatic rings. The van der Waals surface area contributed by atoms with E-state index in [1.165, 1.54) is 12.8 Å². The molecular weight excluding hydrogens is 362 g/mol. The third kappa shape index (κ3) is 3.79. The Hall–Kier alpha value is -2.66. The van der Waals surface area contributed by atoms with E-state index in [2.05, 4.69) is 40.9 Å². The minimum atomic E-state index is 0.00656. The first kappa shape index (κ1) is 18.4. The Labute approximate surface area is 170 Å². The first-order chi connectivity index (χ1) is 14.2. The van der Waals surface area contributed by atoms with Gasteiger partial charge in [-0.05, 0) is 92.6 Å². The van der Waals surface area contributed by atoms with Crippen molar-refractivity contribution < 1.29 is 9.32 Å². The van der Waals surface area contributed by atoms with Crippen molar-refractivity contribution >= 4 is 16.9 Å². The molecule has 0 atom stereocenters. The van der Waals surface area contributed by atoms with Gasteiger partial charge in [-0.25, -0.2) is 0 Å². The topological polar surface area (TPSA) is 67.2 Å². The van der Waals surface area contributed by atoms with Crippen LogP contribution in [0.15, 0.2) is 40.9 Å². The summed E-state index contributed by atoms with van der Waals surface area (Å²) in [5.74, 6) is 1.14. The molecule has 5 rings (SSSR count). The molecule has 29 heavy (non-hydrogen) atoms. The van der Waals surface area contributed by atoms with Crippen LogP contribution in [0.5, 0.6) is 0 Å². The highest BCUT2D eigenvalue weighted by molar-refractivity contribution is 5.96. The van der Waals surface area contributed by atoms with E-state index in [-0.39, 0.29) is 5.91 Å². The van der Waals surface area contributed by atoms with Gasteiger partial charge in [0.1, 0.15) is 0 Å². The number of hydrogen-bond acceptors (Lipinski definition) is 4. The predicted octanol–water partition coefficient (Wildman–Crippen LogP) is 4.41. The molecule has 150 valence electrons. The zero-order valence-corrected chi connectivity index (χ0v) is 16.8. The van der Waals surface area contributed by atoms with Crippen LogP contribution in [0, 0.1) is 12.8 Å². The van der Waals surface area contributed by atoms with Crippen molar-refractivity contribution in [2.24, 2.45) is 5.92 Å². The smallest absolute Gasteiger partial charge is 0.251 e. The zero-order valence-electron chi connectivity index (χ0n) is 16.8. The molecule has 5 heteroatoms. The van der Waals surface area contributed by atoms with Crippen LogP contribution in [0.1, 0.15) is 53.2 Å². The standard InChI is InChI=1S/C24H27N3O2/c1-15-2-5-19(24(28)26-14-16-3-4-16)12-21(15)18-6-7-20-22(13-18)29-27-23(20)17-8-10-25-11-9-17/h2,5-7,12-13,16-17,25H,3-4,8-11,14H2,1H3,(H,26,28). The Kier molecular flexibility index (Phi) is 4.84. The van der Waals surface area contributed by atoms with Gasteiger partial charge in [0, 0.05) is 23.4 Å². The monoisotopic (exact) mass is 389 g/mol. The number of nitrogens with one attached hydrogen (secondary N) is 2. The number of carbonyl (C=O) groups is 1. The largest absolute Gasteiger partial charge is 0.356 e. The van der Waals surface area contributed by atoms with Crippen LogP contribution in [0.25, 0.3) is 22.1 Å². The fraction of sp³-hybridized carbons (Fsp3) is 0.417. The maximum atomic E-state index is 12.5. The van der Waals surface area contributed by atoms with Crippen LogP contribution in [-0.2, 0) is 0 Å². The highest BCUT2D eigenvalue weighted by Gasteiger charge is 2.23. The van der Waals surface area contributed by atoms with Gasteiger partial charge in [0.05, 0.1) is 5.69 Å². The maximum absolute atomic E-state index is 12.5. The molecule has 1 amide bonds. The maximum Gasteiger partial charge on any atom is 0.251 e. The van der Waals surface area contributed by atoms with Crippen molar-refractivity contribution in [1.29, 1.82) is 0 Å². The molecule has 2 heterocycles. The second-order valence-corrected chi connectivity index (χ2v) is 8.49. The van der Waals surface area contributed by atoms with Crippen LogP contribution >= 0.6 is 0 Å². The van der Waals surface area contributed by atoms with Crippen molar-refractivity contribution in [1.82, 2.24) is 15.8 Å². The molecule has 2 aromatic carbocycles. The lowest BCUT2D eigenvalue weighted by Crippen LogP contribution is -2.26. The van der Waals surface area contributed by atoms with E-state index in [9.17, 15) is 4.79 Å². The van der Waals surface area contributed by atoms with E-state index >= 15 is 0 Å². The molecule has 1 saturated carbocycles. The van der Waals surface area contributed by atoms with E-state index in [0.29, 0.717) is 17.4 Å². The molecule has 5 nitrogen and oxygen atoms in total. The Morgan fingerprint density at radius 3 is 2.76 bits per heavy atom. The van der Waals surface area contributed by atoms with Gasteiger partial charge in [0.15, 0.2) is 5.58 Å². The number of hydrogen-bond donors (Lipinski definition) is 2. The van der Waals surface area contributed by atoms with Crippen molar-refractivity contribution in [3.63, 3.8) is 0 Å². The summed E-state index contributed by atoms with van der Waals surface area (Å²) in [7, 11) is 0. The summed E-state index contributed by atoms with van der Waals surface area (Å²) in [5, 5.41) is 12.0. The number of piperidine rings is 1. The molecular formula is C24H27N3O2. The van der Waals surface area contributed by atoms with Gasteiger partial charge in [0.25, 0.3) is 5.91 Å². The number of aryl methyl sites for hydroxylation is 1. The molecule has 3 aromatic rings. The first-order valence-electron chi connectivity index (χ1n) is 10.7. The van der Waals surface area contributed by atoms with Crippen LogP contribution in [0.4, 0.5) is 0 Å². The molecule has 0 bridgehead atoms. The van der Waals surface area contributed by atoms with Crippen molar-refractivity contribution in [2.75, 3.05) is 19.6 Å². The van der Waals surface area contributed by atoms with Crippen LogP contribution in [0.3, 0.4) is 0 Å². The number of benzene rings is 2. The number of aromatic nitrogens is 1. The quantitative estimate of drug-likeness (QED) is 0.678. The summed E-state index contributed by atoms with van der Waals surface area (Å²) in [6.45, 7) is 4.93. The number of nitrogens with zero attached hydrogens (tertiary/aromatic N) is 1. The molecule has 2 N–H and O–H groups in total. The third-order valence-corrected chi connectivity index (χ3v) is 6.28. The highest BCUT2D eigenvalue weighted by atomic mass is 16.5. The molecule has 2 fully saturated rings. The van der Waals surface area contributed by atoms with E-state index in [1.54, 1.807) is 0 Å². The molecule has 1 saturated heterocycles. The lowest BCUT2D eigenvalue weighted by Gasteiger charge is -2.20. The first-order valence-corrected chi connectivity index (χ1v) is 10.7. The second kappa shape index (κ2) is 7.64. The molecule has 0 radical (unpaired) electrons. The molecule has 1 aliphatic heterocycles. The fourth-order valence-electron chi connectivity index (χ4n) is 4.25. The van der Waals surface area contributed by atoms with E-state index < -0.39 is 0 Å². The highest BCUT2D eigenvalue weighted by Crippen LogP contribution is 2.34. The summed E-state index contributed by atoms with van der Waals surface area (Å²) in [6.07, 6.45) is 4.66.